The predicted molar refractivity (Wildman–Crippen MR) is 79.4 cm³/mol. The predicted octanol–water partition coefficient (Wildman–Crippen LogP) is 1.85. The Hall–Kier alpha value is -0.910. The van der Waals surface area contributed by atoms with E-state index in [4.69, 9.17) is 5.73 Å². The van der Waals surface area contributed by atoms with E-state index in [1.54, 1.807) is 4.31 Å². The molecule has 2 fully saturated rings. The molecule has 0 unspecified atom stereocenters. The Morgan fingerprint density at radius 2 is 1.65 bits per heavy atom. The van der Waals surface area contributed by atoms with Crippen molar-refractivity contribution >= 4 is 10.0 Å². The van der Waals surface area contributed by atoms with Gasteiger partial charge in [0.2, 0.25) is 10.0 Å². The van der Waals surface area contributed by atoms with Gasteiger partial charge < -0.3 is 5.73 Å². The Kier molecular flexibility index (Phi) is 3.84. The van der Waals surface area contributed by atoms with Gasteiger partial charge in [-0.15, -0.1) is 0 Å². The molecular weight excluding hydrogens is 272 g/mol. The van der Waals surface area contributed by atoms with E-state index in [0.717, 1.165) is 30.5 Å². The van der Waals surface area contributed by atoms with Gasteiger partial charge in [0.25, 0.3) is 0 Å². The van der Waals surface area contributed by atoms with Gasteiger partial charge in [-0.25, -0.2) is 8.42 Å². The van der Waals surface area contributed by atoms with Crippen LogP contribution in [0.4, 0.5) is 0 Å². The molecule has 0 amide bonds. The highest BCUT2D eigenvalue weighted by molar-refractivity contribution is 7.88. The van der Waals surface area contributed by atoms with Crippen molar-refractivity contribution in [3.63, 3.8) is 0 Å². The Morgan fingerprint density at radius 1 is 1.05 bits per heavy atom. The highest BCUT2D eigenvalue weighted by Crippen LogP contribution is 2.37. The summed E-state index contributed by atoms with van der Waals surface area (Å²) in [7, 11) is -3.18. The largest absolute Gasteiger partial charge is 0.326 e. The third-order valence-corrected chi connectivity index (χ3v) is 5.91. The van der Waals surface area contributed by atoms with Gasteiger partial charge >= 0.3 is 0 Å². The maximum absolute atomic E-state index is 12.6. The van der Waals surface area contributed by atoms with Crippen molar-refractivity contribution < 1.29 is 8.42 Å². The molecule has 3 rings (SSSR count). The molecular formula is C15H22N2O2S. The highest BCUT2D eigenvalue weighted by atomic mass is 32.2. The third kappa shape index (κ3) is 3.40. The van der Waals surface area contributed by atoms with Gasteiger partial charge in [0.1, 0.15) is 0 Å². The zero-order valence-electron chi connectivity index (χ0n) is 11.7. The van der Waals surface area contributed by atoms with Crippen LogP contribution in [0.1, 0.15) is 36.8 Å². The molecule has 110 valence electrons. The van der Waals surface area contributed by atoms with Gasteiger partial charge in [-0.1, -0.05) is 24.3 Å². The summed E-state index contributed by atoms with van der Waals surface area (Å²) in [6.45, 7) is 1.22. The van der Waals surface area contributed by atoms with Crippen LogP contribution >= 0.6 is 0 Å². The molecule has 5 heteroatoms. The van der Waals surface area contributed by atoms with Crippen LogP contribution in [0.3, 0.4) is 0 Å². The van der Waals surface area contributed by atoms with Gasteiger partial charge in [0.05, 0.1) is 5.75 Å². The first-order valence-corrected chi connectivity index (χ1v) is 8.97. The normalized spacial score (nSPS) is 19.5. The molecule has 0 atom stereocenters. The molecule has 0 spiro atoms. The van der Waals surface area contributed by atoms with Gasteiger partial charge in [0, 0.05) is 19.1 Å². The van der Waals surface area contributed by atoms with Gasteiger partial charge in [0.15, 0.2) is 0 Å². The molecule has 1 aromatic rings. The SMILES string of the molecule is NCc1ccc(CS(=O)(=O)N(CC2CC2)C2CC2)cc1. The van der Waals surface area contributed by atoms with E-state index < -0.39 is 10.0 Å². The monoisotopic (exact) mass is 294 g/mol. The number of sulfonamides is 1. The smallest absolute Gasteiger partial charge is 0.218 e. The number of hydrogen-bond acceptors (Lipinski definition) is 3. The molecule has 0 radical (unpaired) electrons. The van der Waals surface area contributed by atoms with E-state index >= 15 is 0 Å². The average Bonchev–Trinajstić information content (AvgIpc) is 3.28. The minimum atomic E-state index is -3.18. The van der Waals surface area contributed by atoms with Crippen molar-refractivity contribution in [2.24, 2.45) is 11.7 Å². The van der Waals surface area contributed by atoms with Crippen LogP contribution in [0.2, 0.25) is 0 Å². The van der Waals surface area contributed by atoms with Gasteiger partial charge in [-0.2, -0.15) is 4.31 Å². The summed E-state index contributed by atoms with van der Waals surface area (Å²) >= 11 is 0. The van der Waals surface area contributed by atoms with E-state index in [9.17, 15) is 8.42 Å². The molecule has 2 N–H and O–H groups in total. The van der Waals surface area contributed by atoms with Crippen molar-refractivity contribution in [1.82, 2.24) is 4.31 Å². The van der Waals surface area contributed by atoms with Crippen molar-refractivity contribution in [3.8, 4) is 0 Å². The van der Waals surface area contributed by atoms with Crippen molar-refractivity contribution in [2.75, 3.05) is 6.54 Å². The van der Waals surface area contributed by atoms with Crippen LogP contribution in [-0.2, 0) is 22.3 Å². The molecule has 4 nitrogen and oxygen atoms in total. The molecule has 2 aliphatic rings. The summed E-state index contributed by atoms with van der Waals surface area (Å²) in [5.74, 6) is 0.714. The van der Waals surface area contributed by atoms with Crippen LogP contribution in [0.15, 0.2) is 24.3 Å². The number of nitrogens with zero attached hydrogens (tertiary/aromatic N) is 1. The summed E-state index contributed by atoms with van der Waals surface area (Å²) in [6, 6.07) is 7.84. The second-order valence-corrected chi connectivity index (χ2v) is 7.94. The van der Waals surface area contributed by atoms with Gasteiger partial charge in [-0.05, 0) is 42.7 Å². The minimum Gasteiger partial charge on any atom is -0.326 e. The first kappa shape index (κ1) is 14.0. The zero-order valence-corrected chi connectivity index (χ0v) is 12.5. The quantitative estimate of drug-likeness (QED) is 0.834. The lowest BCUT2D eigenvalue weighted by Gasteiger charge is -2.21. The topological polar surface area (TPSA) is 63.4 Å². The summed E-state index contributed by atoms with van der Waals surface area (Å²) in [5, 5.41) is 0. The standard InChI is InChI=1S/C15H22N2O2S/c16-9-12-1-5-14(6-2-12)11-20(18,19)17(15-7-8-15)10-13-3-4-13/h1-2,5-6,13,15H,3-4,7-11,16H2. The minimum absolute atomic E-state index is 0.112. The van der Waals surface area contributed by atoms with Crippen LogP contribution < -0.4 is 5.73 Å². The first-order chi connectivity index (χ1) is 9.58. The number of hydrogen-bond donors (Lipinski definition) is 1. The summed E-state index contributed by atoms with van der Waals surface area (Å²) in [6.07, 6.45) is 4.42. The summed E-state index contributed by atoms with van der Waals surface area (Å²) in [5.41, 5.74) is 7.44. The van der Waals surface area contributed by atoms with Crippen LogP contribution in [0.25, 0.3) is 0 Å². The van der Waals surface area contributed by atoms with Crippen LogP contribution in [-0.4, -0.2) is 25.3 Å². The molecule has 0 saturated heterocycles. The van der Waals surface area contributed by atoms with E-state index in [2.05, 4.69) is 0 Å². The van der Waals surface area contributed by atoms with Crippen LogP contribution in [0.5, 0.6) is 0 Å². The fraction of sp³-hybridized carbons (Fsp3) is 0.600. The molecule has 0 aromatic heterocycles. The highest BCUT2D eigenvalue weighted by Gasteiger charge is 2.40. The number of nitrogens with two attached hydrogens (primary N) is 1. The van der Waals surface area contributed by atoms with Gasteiger partial charge in [-0.3, -0.25) is 0 Å². The lowest BCUT2D eigenvalue weighted by atomic mass is 10.1. The first-order valence-electron chi connectivity index (χ1n) is 7.36. The Morgan fingerprint density at radius 3 is 2.15 bits per heavy atom. The zero-order chi connectivity index (χ0) is 14.2. The van der Waals surface area contributed by atoms with Crippen molar-refractivity contribution in [1.29, 1.82) is 0 Å². The molecule has 0 aliphatic heterocycles. The maximum Gasteiger partial charge on any atom is 0.218 e. The van der Waals surface area contributed by atoms with Crippen LogP contribution in [0, 0.1) is 5.92 Å². The summed E-state index contributed by atoms with van der Waals surface area (Å²) in [4.78, 5) is 0. The molecule has 2 saturated carbocycles. The summed E-state index contributed by atoms with van der Waals surface area (Å²) < 4.78 is 27.0. The van der Waals surface area contributed by atoms with E-state index in [1.165, 1.54) is 12.8 Å². The van der Waals surface area contributed by atoms with E-state index in [0.29, 0.717) is 12.5 Å². The van der Waals surface area contributed by atoms with Crippen molar-refractivity contribution in [2.45, 2.75) is 44.0 Å². The fourth-order valence-electron chi connectivity index (χ4n) is 2.47. The Bertz CT molecular complexity index is 560. The second-order valence-electron chi connectivity index (χ2n) is 6.02. The lowest BCUT2D eigenvalue weighted by Crippen LogP contribution is -2.35. The molecule has 20 heavy (non-hydrogen) atoms. The second kappa shape index (κ2) is 5.47. The number of rotatable bonds is 7. The lowest BCUT2D eigenvalue weighted by molar-refractivity contribution is 0.388. The van der Waals surface area contributed by atoms with E-state index in [1.807, 2.05) is 24.3 Å². The molecule has 2 aliphatic carbocycles. The third-order valence-electron chi connectivity index (χ3n) is 4.05. The Balaban J connectivity index is 1.71. The maximum atomic E-state index is 12.6. The van der Waals surface area contributed by atoms with E-state index in [-0.39, 0.29) is 11.8 Å². The molecule has 0 heterocycles. The molecule has 0 bridgehead atoms. The average molecular weight is 294 g/mol. The number of benzene rings is 1. The molecule has 1 aromatic carbocycles. The fourth-order valence-corrected chi connectivity index (χ4v) is 4.35. The Labute approximate surface area is 121 Å². The van der Waals surface area contributed by atoms with Crippen molar-refractivity contribution in [3.05, 3.63) is 35.4 Å².